The minimum absolute atomic E-state index is 0.0558. The van der Waals surface area contributed by atoms with Crippen LogP contribution in [0, 0.1) is 0 Å². The van der Waals surface area contributed by atoms with E-state index in [-0.39, 0.29) is 11.9 Å². The highest BCUT2D eigenvalue weighted by Gasteiger charge is 2.15. The monoisotopic (exact) mass is 223 g/mol. The standard InChI is InChI=1S/C12H17NOS/c1-4-9(2)13(3)12(14)10-6-5-7-11(15)8-10/h5-9,15H,4H2,1-3H3. The summed E-state index contributed by atoms with van der Waals surface area (Å²) in [5.41, 5.74) is 0.699. The molecule has 0 radical (unpaired) electrons. The van der Waals surface area contributed by atoms with E-state index in [9.17, 15) is 4.79 Å². The molecule has 0 saturated heterocycles. The van der Waals surface area contributed by atoms with Crippen LogP contribution in [0.5, 0.6) is 0 Å². The number of amides is 1. The molecule has 2 nitrogen and oxygen atoms in total. The maximum absolute atomic E-state index is 12.0. The Morgan fingerprint density at radius 1 is 1.53 bits per heavy atom. The van der Waals surface area contributed by atoms with Crippen LogP contribution in [-0.2, 0) is 0 Å². The summed E-state index contributed by atoms with van der Waals surface area (Å²) in [5, 5.41) is 0. The quantitative estimate of drug-likeness (QED) is 0.781. The van der Waals surface area contributed by atoms with E-state index in [0.29, 0.717) is 5.56 Å². The highest BCUT2D eigenvalue weighted by Crippen LogP contribution is 2.12. The van der Waals surface area contributed by atoms with Crippen LogP contribution in [0.4, 0.5) is 0 Å². The zero-order chi connectivity index (χ0) is 11.4. The molecule has 0 N–H and O–H groups in total. The maximum Gasteiger partial charge on any atom is 0.253 e. The van der Waals surface area contributed by atoms with Crippen molar-refractivity contribution in [3.8, 4) is 0 Å². The van der Waals surface area contributed by atoms with E-state index in [4.69, 9.17) is 0 Å². The molecule has 0 aliphatic heterocycles. The second-order valence-electron chi connectivity index (χ2n) is 3.72. The molecule has 0 saturated carbocycles. The Kier molecular flexibility index (Phi) is 4.21. The van der Waals surface area contributed by atoms with E-state index >= 15 is 0 Å². The average Bonchev–Trinajstić information content (AvgIpc) is 2.26. The highest BCUT2D eigenvalue weighted by molar-refractivity contribution is 7.80. The van der Waals surface area contributed by atoms with Crippen LogP contribution in [0.1, 0.15) is 30.6 Å². The molecule has 1 unspecified atom stereocenters. The molecule has 1 aromatic rings. The largest absolute Gasteiger partial charge is 0.339 e. The summed E-state index contributed by atoms with van der Waals surface area (Å²) in [5.74, 6) is 0.0558. The van der Waals surface area contributed by atoms with Gasteiger partial charge in [-0.2, -0.15) is 0 Å². The molecule has 0 aliphatic rings. The van der Waals surface area contributed by atoms with Gasteiger partial charge in [0.2, 0.25) is 0 Å². The van der Waals surface area contributed by atoms with Crippen molar-refractivity contribution in [2.75, 3.05) is 7.05 Å². The van der Waals surface area contributed by atoms with Crippen molar-refractivity contribution in [2.24, 2.45) is 0 Å². The van der Waals surface area contributed by atoms with Gasteiger partial charge in [0.05, 0.1) is 0 Å². The van der Waals surface area contributed by atoms with Crippen LogP contribution >= 0.6 is 12.6 Å². The summed E-state index contributed by atoms with van der Waals surface area (Å²) in [6.07, 6.45) is 0.961. The van der Waals surface area contributed by atoms with Crippen molar-refractivity contribution >= 4 is 18.5 Å². The highest BCUT2D eigenvalue weighted by atomic mass is 32.1. The number of carbonyl (C=O) groups excluding carboxylic acids is 1. The fourth-order valence-electron chi connectivity index (χ4n) is 1.32. The minimum atomic E-state index is 0.0558. The number of nitrogens with zero attached hydrogens (tertiary/aromatic N) is 1. The second-order valence-corrected chi connectivity index (χ2v) is 4.24. The molecule has 82 valence electrons. The Hall–Kier alpha value is -0.960. The van der Waals surface area contributed by atoms with Crippen LogP contribution < -0.4 is 0 Å². The fraction of sp³-hybridized carbons (Fsp3) is 0.417. The van der Waals surface area contributed by atoms with Crippen LogP contribution in [-0.4, -0.2) is 23.9 Å². The lowest BCUT2D eigenvalue weighted by Crippen LogP contribution is -2.34. The summed E-state index contributed by atoms with van der Waals surface area (Å²) in [7, 11) is 1.84. The third-order valence-corrected chi connectivity index (χ3v) is 2.94. The number of hydrogen-bond acceptors (Lipinski definition) is 2. The molecule has 3 heteroatoms. The van der Waals surface area contributed by atoms with E-state index in [2.05, 4.69) is 19.6 Å². The number of thiol groups is 1. The van der Waals surface area contributed by atoms with Gasteiger partial charge in [-0.05, 0) is 31.5 Å². The van der Waals surface area contributed by atoms with E-state index in [1.165, 1.54) is 0 Å². The minimum Gasteiger partial charge on any atom is -0.339 e. The Bertz CT molecular complexity index is 351. The molecule has 1 amide bonds. The predicted molar refractivity (Wildman–Crippen MR) is 65.5 cm³/mol. The number of benzene rings is 1. The van der Waals surface area contributed by atoms with Crippen molar-refractivity contribution in [1.29, 1.82) is 0 Å². The first-order valence-electron chi connectivity index (χ1n) is 5.12. The van der Waals surface area contributed by atoms with Crippen molar-refractivity contribution in [1.82, 2.24) is 4.90 Å². The average molecular weight is 223 g/mol. The molecule has 15 heavy (non-hydrogen) atoms. The van der Waals surface area contributed by atoms with E-state index in [0.717, 1.165) is 11.3 Å². The van der Waals surface area contributed by atoms with E-state index < -0.39 is 0 Å². The predicted octanol–water partition coefficient (Wildman–Crippen LogP) is 2.85. The first kappa shape index (κ1) is 12.1. The summed E-state index contributed by atoms with van der Waals surface area (Å²) in [4.78, 5) is 14.6. The molecule has 0 aromatic heterocycles. The number of hydrogen-bond donors (Lipinski definition) is 1. The molecule has 0 aliphatic carbocycles. The van der Waals surface area contributed by atoms with Crippen molar-refractivity contribution in [3.05, 3.63) is 29.8 Å². The third-order valence-electron chi connectivity index (χ3n) is 2.67. The Morgan fingerprint density at radius 3 is 2.73 bits per heavy atom. The summed E-state index contributed by atoms with van der Waals surface area (Å²) >= 11 is 4.22. The van der Waals surface area contributed by atoms with Crippen LogP contribution in [0.25, 0.3) is 0 Å². The topological polar surface area (TPSA) is 20.3 Å². The van der Waals surface area contributed by atoms with Gasteiger partial charge in [-0.1, -0.05) is 13.0 Å². The van der Waals surface area contributed by atoms with Gasteiger partial charge in [0.25, 0.3) is 5.91 Å². The van der Waals surface area contributed by atoms with Crippen LogP contribution in [0.3, 0.4) is 0 Å². The Labute approximate surface area is 96.7 Å². The SMILES string of the molecule is CCC(C)N(C)C(=O)c1cccc(S)c1. The van der Waals surface area contributed by atoms with Gasteiger partial charge >= 0.3 is 0 Å². The molecule has 0 fully saturated rings. The second kappa shape index (κ2) is 5.21. The lowest BCUT2D eigenvalue weighted by molar-refractivity contribution is 0.0740. The first-order valence-corrected chi connectivity index (χ1v) is 5.57. The lowest BCUT2D eigenvalue weighted by atomic mass is 10.1. The zero-order valence-electron chi connectivity index (χ0n) is 9.40. The van der Waals surface area contributed by atoms with Gasteiger partial charge < -0.3 is 4.90 Å². The molecule has 0 heterocycles. The maximum atomic E-state index is 12.0. The van der Waals surface area contributed by atoms with Crippen molar-refractivity contribution in [2.45, 2.75) is 31.2 Å². The Morgan fingerprint density at radius 2 is 2.20 bits per heavy atom. The zero-order valence-corrected chi connectivity index (χ0v) is 10.3. The van der Waals surface area contributed by atoms with Gasteiger partial charge in [-0.25, -0.2) is 0 Å². The molecule has 0 spiro atoms. The molecule has 0 bridgehead atoms. The first-order chi connectivity index (χ1) is 7.06. The summed E-state index contributed by atoms with van der Waals surface area (Å²) < 4.78 is 0. The number of carbonyl (C=O) groups is 1. The number of rotatable bonds is 3. The van der Waals surface area contributed by atoms with Gasteiger partial charge in [0.15, 0.2) is 0 Å². The van der Waals surface area contributed by atoms with Gasteiger partial charge in [-0.15, -0.1) is 12.6 Å². The van der Waals surface area contributed by atoms with Crippen LogP contribution in [0.15, 0.2) is 29.2 Å². The molecular formula is C12H17NOS. The molecule has 1 aromatic carbocycles. The van der Waals surface area contributed by atoms with Gasteiger partial charge in [0.1, 0.15) is 0 Å². The van der Waals surface area contributed by atoms with Crippen molar-refractivity contribution in [3.63, 3.8) is 0 Å². The van der Waals surface area contributed by atoms with Gasteiger partial charge in [-0.3, -0.25) is 4.79 Å². The van der Waals surface area contributed by atoms with Crippen molar-refractivity contribution < 1.29 is 4.79 Å². The van der Waals surface area contributed by atoms with Gasteiger partial charge in [0, 0.05) is 23.5 Å². The third kappa shape index (κ3) is 2.99. The van der Waals surface area contributed by atoms with E-state index in [1.807, 2.05) is 32.2 Å². The smallest absolute Gasteiger partial charge is 0.253 e. The fourth-order valence-corrected chi connectivity index (χ4v) is 1.54. The molecule has 1 atom stereocenters. The Balaban J connectivity index is 2.85. The lowest BCUT2D eigenvalue weighted by Gasteiger charge is -2.23. The summed E-state index contributed by atoms with van der Waals surface area (Å²) in [6, 6.07) is 7.59. The normalized spacial score (nSPS) is 12.3. The molecule has 1 rings (SSSR count). The van der Waals surface area contributed by atoms with E-state index in [1.54, 1.807) is 11.0 Å². The molecular weight excluding hydrogens is 206 g/mol. The van der Waals surface area contributed by atoms with Crippen LogP contribution in [0.2, 0.25) is 0 Å². The summed E-state index contributed by atoms with van der Waals surface area (Å²) in [6.45, 7) is 4.12.